The van der Waals surface area contributed by atoms with Crippen LogP contribution in [0, 0.1) is 17.4 Å². The van der Waals surface area contributed by atoms with Crippen LogP contribution in [0.1, 0.15) is 22.3 Å². The van der Waals surface area contributed by atoms with Crippen molar-refractivity contribution in [2.45, 2.75) is 20.5 Å². The highest BCUT2D eigenvalue weighted by Gasteiger charge is 2.12. The molecular weight excluding hydrogens is 485 g/mol. The van der Waals surface area contributed by atoms with Gasteiger partial charge < -0.3 is 9.47 Å². The number of halogens is 2. The molecule has 3 rings (SSSR count). The molecule has 0 atom stereocenters. The number of benzene rings is 3. The Hall–Kier alpha value is -2.05. The van der Waals surface area contributed by atoms with Crippen LogP contribution in [-0.4, -0.2) is 13.3 Å². The first-order valence-corrected chi connectivity index (χ1v) is 10.3. The average Bonchev–Trinajstić information content (AvgIpc) is 2.67. The van der Waals surface area contributed by atoms with Crippen molar-refractivity contribution in [3.05, 3.63) is 85.4 Å². The summed E-state index contributed by atoms with van der Waals surface area (Å²) in [6.07, 6.45) is 1.85. The molecule has 28 heavy (non-hydrogen) atoms. The van der Waals surface area contributed by atoms with Crippen molar-refractivity contribution in [2.75, 3.05) is 7.11 Å². The minimum Gasteiger partial charge on any atom is -0.493 e. The Labute approximate surface area is 184 Å². The van der Waals surface area contributed by atoms with Gasteiger partial charge in [-0.25, -0.2) is 0 Å². The van der Waals surface area contributed by atoms with E-state index in [1.54, 1.807) is 7.11 Å². The number of aliphatic imine (C=N–C) groups is 1. The molecule has 0 N–H and O–H groups in total. The fourth-order valence-electron chi connectivity index (χ4n) is 2.74. The second-order valence-corrected chi connectivity index (χ2v) is 8.10. The highest BCUT2D eigenvalue weighted by Crippen LogP contribution is 2.34. The van der Waals surface area contributed by atoms with E-state index in [1.165, 1.54) is 5.56 Å². The number of aryl methyl sites for hydroxylation is 2. The van der Waals surface area contributed by atoms with Crippen molar-refractivity contribution < 1.29 is 9.47 Å². The monoisotopic (exact) mass is 505 g/mol. The molecule has 3 nitrogen and oxygen atoms in total. The van der Waals surface area contributed by atoms with E-state index in [1.807, 2.05) is 42.6 Å². The summed E-state index contributed by atoms with van der Waals surface area (Å²) in [5.74, 6) is 1.39. The fourth-order valence-corrected chi connectivity index (χ4v) is 3.73. The third kappa shape index (κ3) is 5.26. The second kappa shape index (κ2) is 9.43. The van der Waals surface area contributed by atoms with Gasteiger partial charge in [-0.3, -0.25) is 4.99 Å². The smallest absolute Gasteiger partial charge is 0.174 e. The Morgan fingerprint density at radius 3 is 2.64 bits per heavy atom. The van der Waals surface area contributed by atoms with E-state index in [-0.39, 0.29) is 0 Å². The van der Waals surface area contributed by atoms with Crippen molar-refractivity contribution in [1.82, 2.24) is 0 Å². The van der Waals surface area contributed by atoms with Crippen molar-refractivity contribution in [3.63, 3.8) is 0 Å². The molecule has 0 aliphatic rings. The van der Waals surface area contributed by atoms with E-state index in [2.05, 4.69) is 59.6 Å². The quantitative estimate of drug-likeness (QED) is 0.269. The molecule has 0 aromatic heterocycles. The Balaban J connectivity index is 1.83. The van der Waals surface area contributed by atoms with E-state index in [0.717, 1.165) is 25.9 Å². The third-order valence-electron chi connectivity index (χ3n) is 4.24. The molecule has 0 bridgehead atoms. The summed E-state index contributed by atoms with van der Waals surface area (Å²) in [6.45, 7) is 4.54. The number of hydrogen-bond acceptors (Lipinski definition) is 3. The molecule has 0 saturated heterocycles. The molecule has 0 fully saturated rings. The molecule has 0 amide bonds. The van der Waals surface area contributed by atoms with Crippen molar-refractivity contribution in [3.8, 4) is 11.5 Å². The van der Waals surface area contributed by atoms with E-state index in [9.17, 15) is 0 Å². The molecule has 144 valence electrons. The summed E-state index contributed by atoms with van der Waals surface area (Å²) in [5.41, 5.74) is 5.26. The van der Waals surface area contributed by atoms with E-state index in [0.29, 0.717) is 23.1 Å². The molecular formula is C23H21ClINO2. The molecule has 0 heterocycles. The zero-order valence-electron chi connectivity index (χ0n) is 16.0. The van der Waals surface area contributed by atoms with Crippen LogP contribution in [0.3, 0.4) is 0 Å². The Bertz CT molecular complexity index is 1020. The van der Waals surface area contributed by atoms with Gasteiger partial charge in [0.25, 0.3) is 0 Å². The molecule has 0 aliphatic carbocycles. The summed E-state index contributed by atoms with van der Waals surface area (Å²) in [7, 11) is 1.64. The van der Waals surface area contributed by atoms with Crippen LogP contribution < -0.4 is 9.47 Å². The minimum atomic E-state index is 0.419. The van der Waals surface area contributed by atoms with Gasteiger partial charge in [0.2, 0.25) is 0 Å². The molecule has 0 spiro atoms. The normalized spacial score (nSPS) is 11.0. The van der Waals surface area contributed by atoms with Crippen LogP contribution in [0.5, 0.6) is 11.5 Å². The number of methoxy groups -OCH3 is 1. The maximum Gasteiger partial charge on any atom is 0.174 e. The zero-order valence-corrected chi connectivity index (χ0v) is 18.9. The summed E-state index contributed by atoms with van der Waals surface area (Å²) < 4.78 is 12.5. The van der Waals surface area contributed by atoms with Gasteiger partial charge in [-0.1, -0.05) is 35.9 Å². The topological polar surface area (TPSA) is 30.8 Å². The van der Waals surface area contributed by atoms with Gasteiger partial charge in [0.1, 0.15) is 6.61 Å². The van der Waals surface area contributed by atoms with Gasteiger partial charge in [0, 0.05) is 11.2 Å². The van der Waals surface area contributed by atoms with Gasteiger partial charge >= 0.3 is 0 Å². The van der Waals surface area contributed by atoms with Crippen molar-refractivity contribution >= 4 is 46.1 Å². The second-order valence-electron chi connectivity index (χ2n) is 6.50. The van der Waals surface area contributed by atoms with E-state index >= 15 is 0 Å². The molecule has 3 aromatic carbocycles. The lowest BCUT2D eigenvalue weighted by Gasteiger charge is -2.14. The Kier molecular flexibility index (Phi) is 6.97. The lowest BCUT2D eigenvalue weighted by molar-refractivity contribution is 0.282. The highest BCUT2D eigenvalue weighted by molar-refractivity contribution is 14.1. The number of rotatable bonds is 6. The lowest BCUT2D eigenvalue weighted by Crippen LogP contribution is -2.00. The number of ether oxygens (including phenoxy) is 2. The molecule has 0 saturated carbocycles. The fraction of sp³-hybridized carbons (Fsp3) is 0.174. The van der Waals surface area contributed by atoms with Gasteiger partial charge in [0.05, 0.1) is 16.4 Å². The number of nitrogens with zero attached hydrogens (tertiary/aromatic N) is 1. The summed E-state index contributed by atoms with van der Waals surface area (Å²) >= 11 is 8.31. The van der Waals surface area contributed by atoms with E-state index < -0.39 is 0 Å². The minimum absolute atomic E-state index is 0.419. The first-order chi connectivity index (χ1) is 13.5. The summed E-state index contributed by atoms with van der Waals surface area (Å²) in [5, 5.41) is 0.695. The largest absolute Gasteiger partial charge is 0.493 e. The van der Waals surface area contributed by atoms with Crippen molar-refractivity contribution in [1.29, 1.82) is 0 Å². The maximum atomic E-state index is 6.05. The van der Waals surface area contributed by atoms with Crippen LogP contribution >= 0.6 is 34.2 Å². The Morgan fingerprint density at radius 1 is 1.07 bits per heavy atom. The van der Waals surface area contributed by atoms with Crippen LogP contribution in [0.4, 0.5) is 5.69 Å². The van der Waals surface area contributed by atoms with E-state index in [4.69, 9.17) is 21.1 Å². The number of hydrogen-bond donors (Lipinski definition) is 0. The van der Waals surface area contributed by atoms with Crippen LogP contribution in [0.25, 0.3) is 0 Å². The molecule has 0 unspecified atom stereocenters. The molecule has 5 heteroatoms. The van der Waals surface area contributed by atoms with Gasteiger partial charge in [-0.15, -0.1) is 0 Å². The molecule has 0 aliphatic heterocycles. The van der Waals surface area contributed by atoms with Gasteiger partial charge in [0.15, 0.2) is 11.5 Å². The summed E-state index contributed by atoms with van der Waals surface area (Å²) in [4.78, 5) is 4.65. The summed E-state index contributed by atoms with van der Waals surface area (Å²) in [6, 6.07) is 17.9. The standard InChI is InChI=1S/C23H21ClINO2/c1-15-7-8-16(2)21(9-15)26-13-18-11-20(25)23(22(12-18)27-3)28-14-17-5-4-6-19(24)10-17/h4-13H,14H2,1-3H3. The SMILES string of the molecule is COc1cc(C=Nc2cc(C)ccc2C)cc(I)c1OCc1cccc(Cl)c1. The van der Waals surface area contributed by atoms with Gasteiger partial charge in [-0.05, 0) is 89.0 Å². The Morgan fingerprint density at radius 2 is 1.89 bits per heavy atom. The molecule has 3 aromatic rings. The van der Waals surface area contributed by atoms with Crippen molar-refractivity contribution in [2.24, 2.45) is 4.99 Å². The molecule has 0 radical (unpaired) electrons. The average molecular weight is 506 g/mol. The van der Waals surface area contributed by atoms with Crippen LogP contribution in [0.15, 0.2) is 59.6 Å². The lowest BCUT2D eigenvalue weighted by atomic mass is 10.1. The predicted octanol–water partition coefficient (Wildman–Crippen LogP) is 6.90. The highest BCUT2D eigenvalue weighted by atomic mass is 127. The van der Waals surface area contributed by atoms with Crippen LogP contribution in [-0.2, 0) is 6.61 Å². The first kappa shape index (κ1) is 20.7. The zero-order chi connectivity index (χ0) is 20.1. The first-order valence-electron chi connectivity index (χ1n) is 8.82. The predicted molar refractivity (Wildman–Crippen MR) is 125 cm³/mol. The van der Waals surface area contributed by atoms with Gasteiger partial charge in [-0.2, -0.15) is 0 Å². The maximum absolute atomic E-state index is 6.05. The van der Waals surface area contributed by atoms with Crippen LogP contribution in [0.2, 0.25) is 5.02 Å². The third-order valence-corrected chi connectivity index (χ3v) is 5.28.